The average Bonchev–Trinajstić information content (AvgIpc) is 2.74. The lowest BCUT2D eigenvalue weighted by Crippen LogP contribution is -2.13. The van der Waals surface area contributed by atoms with Gasteiger partial charge in [-0.1, -0.05) is 48.5 Å². The van der Waals surface area contributed by atoms with Crippen molar-refractivity contribution < 1.29 is 14.3 Å². The van der Waals surface area contributed by atoms with Crippen LogP contribution in [0.5, 0.6) is 0 Å². The summed E-state index contributed by atoms with van der Waals surface area (Å²) in [6.45, 7) is 0. The largest absolute Gasteiger partial charge is 0.469 e. The summed E-state index contributed by atoms with van der Waals surface area (Å²) < 4.78 is 4.64. The first-order valence-electron chi connectivity index (χ1n) is 8.99. The minimum absolute atomic E-state index is 0.239. The van der Waals surface area contributed by atoms with Gasteiger partial charge in [-0.25, -0.2) is 0 Å². The number of carbonyl (C=O) groups is 2. The maximum Gasteiger partial charge on any atom is 0.305 e. The van der Waals surface area contributed by atoms with Crippen LogP contribution >= 0.6 is 0 Å². The molecule has 3 rings (SSSR count). The summed E-state index contributed by atoms with van der Waals surface area (Å²) >= 11 is 0. The van der Waals surface area contributed by atoms with Gasteiger partial charge in [0.25, 0.3) is 5.91 Å². The van der Waals surface area contributed by atoms with Crippen molar-refractivity contribution in [3.8, 4) is 11.1 Å². The smallest absolute Gasteiger partial charge is 0.305 e. The summed E-state index contributed by atoms with van der Waals surface area (Å²) in [5, 5.41) is 2.88. The fraction of sp³-hybridized carbons (Fsp3) is 0.130. The summed E-state index contributed by atoms with van der Waals surface area (Å²) in [5.74, 6) is -0.493. The SMILES string of the molecule is COC(=O)CCc1ccc(C(=O)Nc2cc(-c3ccccc3)ccc2N)cc1. The number of carbonyl (C=O) groups excluding carboxylic acids is 2. The number of nitrogen functional groups attached to an aromatic ring is 1. The molecule has 0 aromatic heterocycles. The highest BCUT2D eigenvalue weighted by atomic mass is 16.5. The van der Waals surface area contributed by atoms with Crippen molar-refractivity contribution >= 4 is 23.3 Å². The lowest BCUT2D eigenvalue weighted by Gasteiger charge is -2.11. The van der Waals surface area contributed by atoms with Crippen LogP contribution in [0.3, 0.4) is 0 Å². The highest BCUT2D eigenvalue weighted by Gasteiger charge is 2.10. The Morgan fingerprint density at radius 1 is 0.929 bits per heavy atom. The zero-order valence-electron chi connectivity index (χ0n) is 15.6. The van der Waals surface area contributed by atoms with E-state index >= 15 is 0 Å². The monoisotopic (exact) mass is 374 g/mol. The molecule has 0 atom stereocenters. The van der Waals surface area contributed by atoms with E-state index in [4.69, 9.17) is 5.73 Å². The fourth-order valence-electron chi connectivity index (χ4n) is 2.84. The fourth-order valence-corrected chi connectivity index (χ4v) is 2.84. The third-order valence-corrected chi connectivity index (χ3v) is 4.47. The van der Waals surface area contributed by atoms with Gasteiger partial charge in [-0.15, -0.1) is 0 Å². The van der Waals surface area contributed by atoms with Crippen LogP contribution in [0, 0.1) is 0 Å². The van der Waals surface area contributed by atoms with E-state index in [2.05, 4.69) is 10.1 Å². The Morgan fingerprint density at radius 3 is 2.32 bits per heavy atom. The van der Waals surface area contributed by atoms with Gasteiger partial charge in [-0.2, -0.15) is 0 Å². The van der Waals surface area contributed by atoms with Crippen LogP contribution in [0.2, 0.25) is 0 Å². The molecule has 0 bridgehead atoms. The second kappa shape index (κ2) is 8.86. The molecule has 0 unspecified atom stereocenters. The zero-order valence-corrected chi connectivity index (χ0v) is 15.6. The van der Waals surface area contributed by atoms with Crippen LogP contribution in [0.15, 0.2) is 72.8 Å². The molecule has 5 heteroatoms. The van der Waals surface area contributed by atoms with E-state index in [0.29, 0.717) is 29.8 Å². The molecule has 0 aliphatic heterocycles. The molecular formula is C23H22N2O3. The van der Waals surface area contributed by atoms with Crippen molar-refractivity contribution in [1.82, 2.24) is 0 Å². The Hall–Kier alpha value is -3.60. The van der Waals surface area contributed by atoms with E-state index in [9.17, 15) is 9.59 Å². The Labute approximate surface area is 164 Å². The molecular weight excluding hydrogens is 352 g/mol. The minimum Gasteiger partial charge on any atom is -0.469 e. The number of anilines is 2. The van der Waals surface area contributed by atoms with E-state index in [1.54, 1.807) is 18.2 Å². The summed E-state index contributed by atoms with van der Waals surface area (Å²) in [5.41, 5.74) is 10.6. The minimum atomic E-state index is -0.254. The summed E-state index contributed by atoms with van der Waals surface area (Å²) in [4.78, 5) is 23.8. The van der Waals surface area contributed by atoms with Gasteiger partial charge in [-0.05, 0) is 47.4 Å². The number of rotatable bonds is 6. The molecule has 0 saturated carbocycles. The van der Waals surface area contributed by atoms with Crippen molar-refractivity contribution in [2.24, 2.45) is 0 Å². The molecule has 28 heavy (non-hydrogen) atoms. The highest BCUT2D eigenvalue weighted by Crippen LogP contribution is 2.27. The number of methoxy groups -OCH3 is 1. The third kappa shape index (κ3) is 4.76. The highest BCUT2D eigenvalue weighted by molar-refractivity contribution is 6.06. The lowest BCUT2D eigenvalue weighted by molar-refractivity contribution is -0.140. The van der Waals surface area contributed by atoms with Gasteiger partial charge in [0.1, 0.15) is 0 Å². The first-order valence-corrected chi connectivity index (χ1v) is 8.99. The van der Waals surface area contributed by atoms with Crippen LogP contribution in [0.1, 0.15) is 22.3 Å². The maximum absolute atomic E-state index is 12.6. The second-order valence-corrected chi connectivity index (χ2v) is 6.40. The lowest BCUT2D eigenvalue weighted by atomic mass is 10.0. The van der Waals surface area contributed by atoms with Crippen LogP contribution in [-0.4, -0.2) is 19.0 Å². The zero-order chi connectivity index (χ0) is 19.9. The predicted molar refractivity (Wildman–Crippen MR) is 111 cm³/mol. The number of nitrogens with two attached hydrogens (primary N) is 1. The van der Waals surface area contributed by atoms with E-state index in [0.717, 1.165) is 16.7 Å². The third-order valence-electron chi connectivity index (χ3n) is 4.47. The normalized spacial score (nSPS) is 10.3. The van der Waals surface area contributed by atoms with Gasteiger partial charge in [0.05, 0.1) is 18.5 Å². The molecule has 0 spiro atoms. The molecule has 0 saturated heterocycles. The molecule has 5 nitrogen and oxygen atoms in total. The van der Waals surface area contributed by atoms with Crippen molar-refractivity contribution in [2.45, 2.75) is 12.8 Å². The van der Waals surface area contributed by atoms with Gasteiger partial charge < -0.3 is 15.8 Å². The molecule has 0 heterocycles. The van der Waals surface area contributed by atoms with Gasteiger partial charge in [0.2, 0.25) is 0 Å². The maximum atomic E-state index is 12.6. The Kier molecular flexibility index (Phi) is 6.07. The Balaban J connectivity index is 1.71. The molecule has 3 aromatic carbocycles. The summed E-state index contributed by atoms with van der Waals surface area (Å²) in [6.07, 6.45) is 0.880. The number of nitrogens with one attached hydrogen (secondary N) is 1. The number of aryl methyl sites for hydroxylation is 1. The van der Waals surface area contributed by atoms with Crippen molar-refractivity contribution in [2.75, 3.05) is 18.2 Å². The van der Waals surface area contributed by atoms with Crippen LogP contribution in [0.25, 0.3) is 11.1 Å². The van der Waals surface area contributed by atoms with E-state index in [-0.39, 0.29) is 11.9 Å². The van der Waals surface area contributed by atoms with Gasteiger partial charge >= 0.3 is 5.97 Å². The number of esters is 1. The predicted octanol–water partition coefficient (Wildman–Crippen LogP) is 4.29. The van der Waals surface area contributed by atoms with Crippen LogP contribution < -0.4 is 11.1 Å². The topological polar surface area (TPSA) is 81.4 Å². The molecule has 0 aliphatic carbocycles. The summed E-state index contributed by atoms with van der Waals surface area (Å²) in [7, 11) is 1.37. The molecule has 1 amide bonds. The summed E-state index contributed by atoms with van der Waals surface area (Å²) in [6, 6.07) is 22.6. The number of hydrogen-bond acceptors (Lipinski definition) is 4. The number of amides is 1. The van der Waals surface area contributed by atoms with Crippen molar-refractivity contribution in [3.63, 3.8) is 0 Å². The first kappa shape index (κ1) is 19.2. The Bertz CT molecular complexity index is 967. The Morgan fingerprint density at radius 2 is 1.64 bits per heavy atom. The van der Waals surface area contributed by atoms with E-state index in [1.807, 2.05) is 54.6 Å². The molecule has 3 aromatic rings. The van der Waals surface area contributed by atoms with Gasteiger partial charge in [-0.3, -0.25) is 9.59 Å². The van der Waals surface area contributed by atoms with Crippen molar-refractivity contribution in [1.29, 1.82) is 0 Å². The van der Waals surface area contributed by atoms with Crippen molar-refractivity contribution in [3.05, 3.63) is 83.9 Å². The van der Waals surface area contributed by atoms with E-state index in [1.165, 1.54) is 7.11 Å². The number of hydrogen-bond donors (Lipinski definition) is 2. The number of benzene rings is 3. The van der Waals surface area contributed by atoms with Crippen LogP contribution in [-0.2, 0) is 16.0 Å². The molecule has 142 valence electrons. The standard InChI is InChI=1S/C23H22N2O3/c1-28-22(26)14-9-16-7-10-18(11-8-16)23(27)25-21-15-19(12-13-20(21)24)17-5-3-2-4-6-17/h2-8,10-13,15H,9,14,24H2,1H3,(H,25,27). The molecule has 0 aliphatic rings. The number of ether oxygens (including phenoxy) is 1. The average molecular weight is 374 g/mol. The second-order valence-electron chi connectivity index (χ2n) is 6.40. The van der Waals surface area contributed by atoms with Gasteiger partial charge in [0, 0.05) is 12.0 Å². The van der Waals surface area contributed by atoms with E-state index < -0.39 is 0 Å². The first-order chi connectivity index (χ1) is 13.6. The quantitative estimate of drug-likeness (QED) is 0.498. The molecule has 0 radical (unpaired) electrons. The van der Waals surface area contributed by atoms with Crippen LogP contribution in [0.4, 0.5) is 11.4 Å². The molecule has 0 fully saturated rings. The molecule has 3 N–H and O–H groups in total. The van der Waals surface area contributed by atoms with Gasteiger partial charge in [0.15, 0.2) is 0 Å².